The van der Waals surface area contributed by atoms with Gasteiger partial charge in [0, 0.05) is 16.7 Å². The van der Waals surface area contributed by atoms with Crippen molar-refractivity contribution in [2.75, 3.05) is 0 Å². The zero-order valence-corrected chi connectivity index (χ0v) is 8.10. The molecular weight excluding hydrogens is 152 g/mol. The van der Waals surface area contributed by atoms with E-state index in [9.17, 15) is 0 Å². The van der Waals surface area contributed by atoms with Crippen LogP contribution in [0.1, 0.15) is 37.7 Å². The predicted molar refractivity (Wildman–Crippen MR) is 47.9 cm³/mol. The van der Waals surface area contributed by atoms with Gasteiger partial charge in [0.25, 0.3) is 0 Å². The molecule has 1 aromatic heterocycles. The molecule has 0 aromatic carbocycles. The summed E-state index contributed by atoms with van der Waals surface area (Å²) >= 11 is 0. The molecule has 0 aliphatic heterocycles. The van der Waals surface area contributed by atoms with Crippen LogP contribution in [0.15, 0.2) is 0 Å². The fourth-order valence-electron chi connectivity index (χ4n) is 1.27. The van der Waals surface area contributed by atoms with Gasteiger partial charge in [-0.2, -0.15) is 5.10 Å². The summed E-state index contributed by atoms with van der Waals surface area (Å²) in [5.41, 5.74) is 2.86. The Morgan fingerprint density at radius 3 is 2.33 bits per heavy atom. The summed E-state index contributed by atoms with van der Waals surface area (Å²) in [5.74, 6) is 0. The van der Waals surface area contributed by atoms with Gasteiger partial charge in [0.05, 0.1) is 12.3 Å². The highest BCUT2D eigenvalue weighted by Gasteiger charge is 2.21. The molecule has 0 aliphatic rings. The molecule has 2 N–H and O–H groups in total. The minimum Gasteiger partial charge on any atom is -0.392 e. The highest BCUT2D eigenvalue weighted by Crippen LogP contribution is 2.25. The molecule has 3 heteroatoms. The van der Waals surface area contributed by atoms with Gasteiger partial charge in [-0.25, -0.2) is 0 Å². The van der Waals surface area contributed by atoms with Crippen LogP contribution in [0.4, 0.5) is 0 Å². The van der Waals surface area contributed by atoms with Crippen LogP contribution in [0, 0.1) is 6.92 Å². The van der Waals surface area contributed by atoms with Gasteiger partial charge in [-0.15, -0.1) is 0 Å². The van der Waals surface area contributed by atoms with Gasteiger partial charge in [0.1, 0.15) is 0 Å². The Kier molecular flexibility index (Phi) is 2.24. The summed E-state index contributed by atoms with van der Waals surface area (Å²) in [4.78, 5) is 0. The SMILES string of the molecule is Cc1[nH]nc(C(C)(C)C)c1CO. The molecule has 1 rings (SSSR count). The molecule has 0 saturated carbocycles. The standard InChI is InChI=1S/C9H16N2O/c1-6-7(5-12)8(11-10-6)9(2,3)4/h12H,5H2,1-4H3,(H,10,11). The highest BCUT2D eigenvalue weighted by molar-refractivity contribution is 5.28. The highest BCUT2D eigenvalue weighted by atomic mass is 16.3. The fourth-order valence-corrected chi connectivity index (χ4v) is 1.27. The molecule has 0 aliphatic carbocycles. The first-order valence-electron chi connectivity index (χ1n) is 4.12. The van der Waals surface area contributed by atoms with Crippen molar-refractivity contribution in [2.24, 2.45) is 0 Å². The van der Waals surface area contributed by atoms with Gasteiger partial charge in [-0.05, 0) is 6.92 Å². The number of nitrogens with zero attached hydrogens (tertiary/aromatic N) is 1. The molecule has 0 amide bonds. The third-order valence-corrected chi connectivity index (χ3v) is 1.94. The first-order chi connectivity index (χ1) is 5.46. The van der Waals surface area contributed by atoms with E-state index < -0.39 is 0 Å². The van der Waals surface area contributed by atoms with E-state index in [0.29, 0.717) is 0 Å². The second-order valence-electron chi connectivity index (χ2n) is 4.08. The van der Waals surface area contributed by atoms with Gasteiger partial charge in [-0.1, -0.05) is 20.8 Å². The van der Waals surface area contributed by atoms with Gasteiger partial charge in [-0.3, -0.25) is 5.10 Å². The Labute approximate surface area is 72.8 Å². The summed E-state index contributed by atoms with van der Waals surface area (Å²) in [5, 5.41) is 16.1. The number of hydrogen-bond donors (Lipinski definition) is 2. The van der Waals surface area contributed by atoms with Crippen molar-refractivity contribution in [1.82, 2.24) is 10.2 Å². The van der Waals surface area contributed by atoms with E-state index in [1.165, 1.54) is 0 Å². The molecule has 0 fully saturated rings. The number of hydrogen-bond acceptors (Lipinski definition) is 2. The maximum Gasteiger partial charge on any atom is 0.0733 e. The molecule has 0 bridgehead atoms. The van der Waals surface area contributed by atoms with E-state index in [4.69, 9.17) is 5.11 Å². The molecule has 0 unspecified atom stereocenters. The Hall–Kier alpha value is -0.830. The van der Waals surface area contributed by atoms with Gasteiger partial charge in [0.2, 0.25) is 0 Å². The van der Waals surface area contributed by atoms with Crippen LogP contribution >= 0.6 is 0 Å². The van der Waals surface area contributed by atoms with Gasteiger partial charge >= 0.3 is 0 Å². The Balaban J connectivity index is 3.16. The van der Waals surface area contributed by atoms with Gasteiger partial charge in [0.15, 0.2) is 0 Å². The average Bonchev–Trinajstić information content (AvgIpc) is 2.29. The molecule has 0 saturated heterocycles. The summed E-state index contributed by atoms with van der Waals surface area (Å²) in [6.07, 6.45) is 0. The second-order valence-corrected chi connectivity index (χ2v) is 4.08. The van der Waals surface area contributed by atoms with E-state index in [1.807, 2.05) is 6.92 Å². The molecule has 0 radical (unpaired) electrons. The number of aliphatic hydroxyl groups excluding tert-OH is 1. The van der Waals surface area contributed by atoms with E-state index in [0.717, 1.165) is 17.0 Å². The van der Waals surface area contributed by atoms with Crippen LogP contribution in [0.25, 0.3) is 0 Å². The minimum atomic E-state index is 0.00280. The number of aryl methyl sites for hydroxylation is 1. The van der Waals surface area contributed by atoms with Crippen LogP contribution in [-0.4, -0.2) is 15.3 Å². The lowest BCUT2D eigenvalue weighted by molar-refractivity contribution is 0.277. The van der Waals surface area contributed by atoms with Crippen LogP contribution in [0.5, 0.6) is 0 Å². The number of nitrogens with one attached hydrogen (secondary N) is 1. The minimum absolute atomic E-state index is 0.00280. The maximum atomic E-state index is 9.09. The first kappa shape index (κ1) is 9.26. The fraction of sp³-hybridized carbons (Fsp3) is 0.667. The summed E-state index contributed by atoms with van der Waals surface area (Å²) < 4.78 is 0. The average molecular weight is 168 g/mol. The van der Waals surface area contributed by atoms with E-state index in [-0.39, 0.29) is 12.0 Å². The van der Waals surface area contributed by atoms with Crippen LogP contribution in [0.3, 0.4) is 0 Å². The number of aromatic nitrogens is 2. The normalized spacial score (nSPS) is 12.1. The number of H-pyrrole nitrogens is 1. The summed E-state index contributed by atoms with van der Waals surface area (Å²) in [7, 11) is 0. The zero-order chi connectivity index (χ0) is 9.35. The lowest BCUT2D eigenvalue weighted by Crippen LogP contribution is -2.14. The third-order valence-electron chi connectivity index (χ3n) is 1.94. The van der Waals surface area contributed by atoms with Crippen LogP contribution < -0.4 is 0 Å². The molecule has 68 valence electrons. The van der Waals surface area contributed by atoms with Crippen molar-refractivity contribution >= 4 is 0 Å². The quantitative estimate of drug-likeness (QED) is 0.667. The Bertz CT molecular complexity index is 271. The van der Waals surface area contributed by atoms with Crippen molar-refractivity contribution in [3.63, 3.8) is 0 Å². The second kappa shape index (κ2) is 2.90. The van der Waals surface area contributed by atoms with Crippen LogP contribution in [0.2, 0.25) is 0 Å². The number of aromatic amines is 1. The monoisotopic (exact) mass is 168 g/mol. The van der Waals surface area contributed by atoms with Crippen molar-refractivity contribution in [1.29, 1.82) is 0 Å². The first-order valence-corrected chi connectivity index (χ1v) is 4.12. The number of aliphatic hydroxyl groups is 1. The Morgan fingerprint density at radius 2 is 2.00 bits per heavy atom. The van der Waals surface area contributed by atoms with Gasteiger partial charge < -0.3 is 5.11 Å². The predicted octanol–water partition coefficient (Wildman–Crippen LogP) is 1.51. The molecule has 3 nitrogen and oxygen atoms in total. The smallest absolute Gasteiger partial charge is 0.0733 e. The molecule has 12 heavy (non-hydrogen) atoms. The van der Waals surface area contributed by atoms with Crippen LogP contribution in [-0.2, 0) is 12.0 Å². The Morgan fingerprint density at radius 1 is 1.42 bits per heavy atom. The lowest BCUT2D eigenvalue weighted by Gasteiger charge is -2.16. The maximum absolute atomic E-state index is 9.09. The van der Waals surface area contributed by atoms with E-state index >= 15 is 0 Å². The van der Waals surface area contributed by atoms with E-state index in [1.54, 1.807) is 0 Å². The van der Waals surface area contributed by atoms with Crippen molar-refractivity contribution in [3.8, 4) is 0 Å². The molecule has 0 spiro atoms. The zero-order valence-electron chi connectivity index (χ0n) is 8.10. The van der Waals surface area contributed by atoms with Crippen molar-refractivity contribution < 1.29 is 5.11 Å². The summed E-state index contributed by atoms with van der Waals surface area (Å²) in [6, 6.07) is 0. The topological polar surface area (TPSA) is 48.9 Å². The molecule has 0 atom stereocenters. The van der Waals surface area contributed by atoms with Crippen molar-refractivity contribution in [3.05, 3.63) is 17.0 Å². The third kappa shape index (κ3) is 1.50. The summed E-state index contributed by atoms with van der Waals surface area (Å²) in [6.45, 7) is 8.24. The molecular formula is C9H16N2O. The number of rotatable bonds is 1. The lowest BCUT2D eigenvalue weighted by atomic mass is 9.89. The van der Waals surface area contributed by atoms with E-state index in [2.05, 4.69) is 31.0 Å². The largest absolute Gasteiger partial charge is 0.392 e. The molecule has 1 aromatic rings. The molecule has 1 heterocycles. The van der Waals surface area contributed by atoms with Crippen molar-refractivity contribution in [2.45, 2.75) is 39.7 Å².